The maximum atomic E-state index is 12.0. The molecule has 0 amide bonds. The highest BCUT2D eigenvalue weighted by molar-refractivity contribution is 5.97. The first-order valence-electron chi connectivity index (χ1n) is 6.24. The van der Waals surface area contributed by atoms with Crippen molar-refractivity contribution in [2.75, 3.05) is 31.3 Å². The van der Waals surface area contributed by atoms with E-state index in [-0.39, 0.29) is 6.10 Å². The molecule has 0 aliphatic rings. The van der Waals surface area contributed by atoms with Crippen LogP contribution in [0.25, 0.3) is 0 Å². The molecule has 0 aliphatic heterocycles. The van der Waals surface area contributed by atoms with Gasteiger partial charge in [-0.3, -0.25) is 0 Å². The summed E-state index contributed by atoms with van der Waals surface area (Å²) in [5.41, 5.74) is 7.10. The van der Waals surface area contributed by atoms with Gasteiger partial charge in [-0.1, -0.05) is 0 Å². The van der Waals surface area contributed by atoms with Crippen molar-refractivity contribution in [2.45, 2.75) is 20.0 Å². The predicted molar refractivity (Wildman–Crippen MR) is 76.7 cm³/mol. The van der Waals surface area contributed by atoms with Crippen molar-refractivity contribution < 1.29 is 19.1 Å². The van der Waals surface area contributed by atoms with E-state index in [0.29, 0.717) is 16.9 Å². The number of benzene rings is 1. The standard InChI is InChI=1S/C14H20N2O4/c1-9(2)20-13(17)8-19-14(18)11-7-10(15)5-6-12(11)16(3)4/h5-7,9H,8,15H2,1-4H3. The lowest BCUT2D eigenvalue weighted by Gasteiger charge is -2.17. The van der Waals surface area contributed by atoms with Crippen LogP contribution in [0.4, 0.5) is 11.4 Å². The largest absolute Gasteiger partial charge is 0.460 e. The van der Waals surface area contributed by atoms with Gasteiger partial charge in [0, 0.05) is 19.8 Å². The van der Waals surface area contributed by atoms with Gasteiger partial charge in [0.25, 0.3) is 0 Å². The highest BCUT2D eigenvalue weighted by Crippen LogP contribution is 2.22. The molecule has 2 N–H and O–H groups in total. The van der Waals surface area contributed by atoms with Crippen LogP contribution in [-0.4, -0.2) is 38.7 Å². The van der Waals surface area contributed by atoms with E-state index in [1.165, 1.54) is 6.07 Å². The van der Waals surface area contributed by atoms with Gasteiger partial charge in [-0.05, 0) is 32.0 Å². The number of carbonyl (C=O) groups is 2. The molecule has 0 fully saturated rings. The molecule has 0 atom stereocenters. The molecule has 20 heavy (non-hydrogen) atoms. The van der Waals surface area contributed by atoms with E-state index >= 15 is 0 Å². The number of nitrogens with two attached hydrogens (primary N) is 1. The molecule has 6 nitrogen and oxygen atoms in total. The van der Waals surface area contributed by atoms with Crippen LogP contribution in [0.2, 0.25) is 0 Å². The molecule has 0 saturated carbocycles. The summed E-state index contributed by atoms with van der Waals surface area (Å²) >= 11 is 0. The van der Waals surface area contributed by atoms with Gasteiger partial charge in [0.1, 0.15) is 0 Å². The highest BCUT2D eigenvalue weighted by atomic mass is 16.6. The molecule has 110 valence electrons. The lowest BCUT2D eigenvalue weighted by molar-refractivity contribution is -0.150. The SMILES string of the molecule is CC(C)OC(=O)COC(=O)c1cc(N)ccc1N(C)C. The second-order valence-electron chi connectivity index (χ2n) is 4.79. The maximum absolute atomic E-state index is 12.0. The van der Waals surface area contributed by atoms with Crippen molar-refractivity contribution in [2.24, 2.45) is 0 Å². The van der Waals surface area contributed by atoms with Gasteiger partial charge in [-0.25, -0.2) is 9.59 Å². The van der Waals surface area contributed by atoms with Gasteiger partial charge in [0.15, 0.2) is 6.61 Å². The number of carbonyl (C=O) groups excluding carboxylic acids is 2. The summed E-state index contributed by atoms with van der Waals surface area (Å²) in [6.07, 6.45) is -0.245. The third-order valence-corrected chi connectivity index (χ3v) is 2.41. The fourth-order valence-corrected chi connectivity index (χ4v) is 1.61. The first kappa shape index (κ1) is 15.8. The Labute approximate surface area is 118 Å². The van der Waals surface area contributed by atoms with E-state index in [2.05, 4.69) is 0 Å². The van der Waals surface area contributed by atoms with Crippen molar-refractivity contribution in [1.29, 1.82) is 0 Å². The first-order chi connectivity index (χ1) is 9.31. The Morgan fingerprint density at radius 2 is 1.95 bits per heavy atom. The summed E-state index contributed by atoms with van der Waals surface area (Å²) < 4.78 is 9.83. The molecule has 0 bridgehead atoms. The van der Waals surface area contributed by atoms with E-state index in [1.54, 1.807) is 45.0 Å². The average molecular weight is 280 g/mol. The van der Waals surface area contributed by atoms with Crippen molar-refractivity contribution >= 4 is 23.3 Å². The Morgan fingerprint density at radius 3 is 2.50 bits per heavy atom. The van der Waals surface area contributed by atoms with Crippen LogP contribution in [-0.2, 0) is 14.3 Å². The minimum absolute atomic E-state index is 0.245. The maximum Gasteiger partial charge on any atom is 0.344 e. The Balaban J connectivity index is 2.77. The third-order valence-electron chi connectivity index (χ3n) is 2.41. The highest BCUT2D eigenvalue weighted by Gasteiger charge is 2.17. The molecule has 0 unspecified atom stereocenters. The summed E-state index contributed by atoms with van der Waals surface area (Å²) in [6, 6.07) is 4.93. The Hall–Kier alpha value is -2.24. The second kappa shape index (κ2) is 6.79. The van der Waals surface area contributed by atoms with Gasteiger partial charge in [0.2, 0.25) is 0 Å². The zero-order valence-electron chi connectivity index (χ0n) is 12.2. The number of anilines is 2. The van der Waals surface area contributed by atoms with Crippen LogP contribution in [0.5, 0.6) is 0 Å². The molecule has 0 aliphatic carbocycles. The third kappa shape index (κ3) is 4.46. The number of hydrogen-bond donors (Lipinski definition) is 1. The number of esters is 2. The topological polar surface area (TPSA) is 81.9 Å². The van der Waals surface area contributed by atoms with Crippen molar-refractivity contribution in [1.82, 2.24) is 0 Å². The first-order valence-corrected chi connectivity index (χ1v) is 6.24. The summed E-state index contributed by atoms with van der Waals surface area (Å²) in [4.78, 5) is 25.1. The van der Waals surface area contributed by atoms with Crippen molar-refractivity contribution in [3.63, 3.8) is 0 Å². The van der Waals surface area contributed by atoms with Crippen LogP contribution < -0.4 is 10.6 Å². The predicted octanol–water partition coefficient (Wildman–Crippen LogP) is 1.44. The molecule has 0 spiro atoms. The normalized spacial score (nSPS) is 10.2. The Morgan fingerprint density at radius 1 is 1.30 bits per heavy atom. The van der Waals surface area contributed by atoms with E-state index < -0.39 is 18.5 Å². The molecule has 0 radical (unpaired) electrons. The zero-order chi connectivity index (χ0) is 15.3. The number of nitrogens with zero attached hydrogens (tertiary/aromatic N) is 1. The fraction of sp³-hybridized carbons (Fsp3) is 0.429. The minimum Gasteiger partial charge on any atom is -0.460 e. The second-order valence-corrected chi connectivity index (χ2v) is 4.79. The van der Waals surface area contributed by atoms with Gasteiger partial charge in [-0.2, -0.15) is 0 Å². The molecular formula is C14H20N2O4. The Kier molecular flexibility index (Phi) is 5.37. The van der Waals surface area contributed by atoms with Crippen LogP contribution in [0.15, 0.2) is 18.2 Å². The van der Waals surface area contributed by atoms with E-state index in [1.807, 2.05) is 0 Å². The summed E-state index contributed by atoms with van der Waals surface area (Å²) in [5.74, 6) is -1.19. The molecular weight excluding hydrogens is 260 g/mol. The molecule has 0 heterocycles. The quantitative estimate of drug-likeness (QED) is 0.649. The number of rotatable bonds is 5. The average Bonchev–Trinajstić information content (AvgIpc) is 2.34. The zero-order valence-corrected chi connectivity index (χ0v) is 12.2. The van der Waals surface area contributed by atoms with Gasteiger partial charge < -0.3 is 20.1 Å². The van der Waals surface area contributed by atoms with E-state index in [9.17, 15) is 9.59 Å². The summed E-state index contributed by atoms with van der Waals surface area (Å²) in [5, 5.41) is 0. The lowest BCUT2D eigenvalue weighted by atomic mass is 10.1. The molecule has 1 aromatic rings. The molecule has 1 rings (SSSR count). The molecule has 6 heteroatoms. The summed E-state index contributed by atoms with van der Waals surface area (Å²) in [7, 11) is 3.60. The van der Waals surface area contributed by atoms with Crippen LogP contribution in [0, 0.1) is 0 Å². The van der Waals surface area contributed by atoms with Crippen LogP contribution in [0.1, 0.15) is 24.2 Å². The number of hydrogen-bond acceptors (Lipinski definition) is 6. The fourth-order valence-electron chi connectivity index (χ4n) is 1.61. The molecule has 0 saturated heterocycles. The monoisotopic (exact) mass is 280 g/mol. The van der Waals surface area contributed by atoms with E-state index in [0.717, 1.165) is 0 Å². The van der Waals surface area contributed by atoms with E-state index in [4.69, 9.17) is 15.2 Å². The Bertz CT molecular complexity index is 498. The molecule has 1 aromatic carbocycles. The van der Waals surface area contributed by atoms with Gasteiger partial charge >= 0.3 is 11.9 Å². The van der Waals surface area contributed by atoms with Gasteiger partial charge in [0.05, 0.1) is 17.4 Å². The van der Waals surface area contributed by atoms with Crippen molar-refractivity contribution in [3.8, 4) is 0 Å². The number of ether oxygens (including phenoxy) is 2. The minimum atomic E-state index is -0.610. The van der Waals surface area contributed by atoms with Gasteiger partial charge in [-0.15, -0.1) is 0 Å². The summed E-state index contributed by atoms with van der Waals surface area (Å²) in [6.45, 7) is 3.03. The van der Waals surface area contributed by atoms with Crippen LogP contribution >= 0.6 is 0 Å². The number of nitrogen functional groups attached to an aromatic ring is 1. The smallest absolute Gasteiger partial charge is 0.344 e. The van der Waals surface area contributed by atoms with Crippen molar-refractivity contribution in [3.05, 3.63) is 23.8 Å². The lowest BCUT2D eigenvalue weighted by Crippen LogP contribution is -2.21. The molecule has 0 aromatic heterocycles. The van der Waals surface area contributed by atoms with Crippen LogP contribution in [0.3, 0.4) is 0 Å².